The molecule has 0 atom stereocenters. The smallest absolute Gasteiger partial charge is 0.335 e. The van der Waals surface area contributed by atoms with Gasteiger partial charge in [0.2, 0.25) is 0 Å². The lowest BCUT2D eigenvalue weighted by molar-refractivity contribution is 0.0697. The van der Waals surface area contributed by atoms with Gasteiger partial charge in [0.25, 0.3) is 6.43 Å². The molecule has 0 aromatic heterocycles. The lowest BCUT2D eigenvalue weighted by Crippen LogP contribution is -2.29. The van der Waals surface area contributed by atoms with Crippen molar-refractivity contribution in [2.24, 2.45) is 4.99 Å². The summed E-state index contributed by atoms with van der Waals surface area (Å²) in [7, 11) is 0. The molecule has 1 aliphatic rings. The Morgan fingerprint density at radius 2 is 1.80 bits per heavy atom. The molecule has 0 fully saturated rings. The zero-order valence-corrected chi connectivity index (χ0v) is 13.3. The standard InChI is InChI=1S/C19H16F2N2O2/c20-17(21)12-23-16(13-4-2-1-3-5-13)10-11-18(23)22-15-8-6-14(7-9-15)19(24)25/h1-10,17H,11-12H2,(H,24,25)/b22-18+. The van der Waals surface area contributed by atoms with Crippen LogP contribution in [0.2, 0.25) is 0 Å². The number of carboxylic acid groups (broad SMARTS) is 1. The summed E-state index contributed by atoms with van der Waals surface area (Å²) in [6.45, 7) is -0.438. The van der Waals surface area contributed by atoms with E-state index < -0.39 is 18.9 Å². The molecule has 128 valence electrons. The molecule has 6 heteroatoms. The summed E-state index contributed by atoms with van der Waals surface area (Å²) in [4.78, 5) is 16.8. The van der Waals surface area contributed by atoms with Gasteiger partial charge in [-0.1, -0.05) is 36.4 Å². The summed E-state index contributed by atoms with van der Waals surface area (Å²) >= 11 is 0. The first-order valence-corrected chi connectivity index (χ1v) is 7.77. The number of rotatable bonds is 5. The summed E-state index contributed by atoms with van der Waals surface area (Å²) in [6.07, 6.45) is -0.176. The number of amidine groups is 1. The number of aromatic carboxylic acids is 1. The van der Waals surface area contributed by atoms with Crippen LogP contribution in [0.3, 0.4) is 0 Å². The summed E-state index contributed by atoms with van der Waals surface area (Å²) < 4.78 is 26.1. The van der Waals surface area contributed by atoms with Gasteiger partial charge in [-0.25, -0.2) is 18.6 Å². The van der Waals surface area contributed by atoms with E-state index in [0.29, 0.717) is 23.6 Å². The zero-order valence-electron chi connectivity index (χ0n) is 13.3. The van der Waals surface area contributed by atoms with Gasteiger partial charge in [-0.2, -0.15) is 0 Å². The van der Waals surface area contributed by atoms with Crippen molar-refractivity contribution in [1.29, 1.82) is 0 Å². The number of alkyl halides is 2. The van der Waals surface area contributed by atoms with E-state index in [1.165, 1.54) is 17.0 Å². The number of benzene rings is 2. The van der Waals surface area contributed by atoms with Crippen molar-refractivity contribution >= 4 is 23.2 Å². The molecule has 0 aliphatic carbocycles. The van der Waals surface area contributed by atoms with Crippen molar-refractivity contribution in [3.63, 3.8) is 0 Å². The number of aliphatic imine (C=N–C) groups is 1. The van der Waals surface area contributed by atoms with Crippen molar-refractivity contribution in [2.45, 2.75) is 12.8 Å². The number of carboxylic acids is 1. The number of carbonyl (C=O) groups is 1. The highest BCUT2D eigenvalue weighted by Crippen LogP contribution is 2.29. The van der Waals surface area contributed by atoms with Crippen LogP contribution in [0.25, 0.3) is 5.70 Å². The second-order valence-corrected chi connectivity index (χ2v) is 5.54. The minimum absolute atomic E-state index is 0.155. The number of hydrogen-bond acceptors (Lipinski definition) is 2. The average molecular weight is 342 g/mol. The second kappa shape index (κ2) is 7.25. The van der Waals surface area contributed by atoms with Gasteiger partial charge in [-0.15, -0.1) is 0 Å². The SMILES string of the molecule is O=C(O)c1ccc(/N=C2\CC=C(c3ccccc3)N2CC(F)F)cc1. The Bertz CT molecular complexity index is 815. The van der Waals surface area contributed by atoms with E-state index in [-0.39, 0.29) is 5.56 Å². The molecule has 4 nitrogen and oxygen atoms in total. The first-order valence-electron chi connectivity index (χ1n) is 7.77. The van der Waals surface area contributed by atoms with Gasteiger partial charge in [-0.05, 0) is 29.8 Å². The van der Waals surface area contributed by atoms with Crippen molar-refractivity contribution in [2.75, 3.05) is 6.54 Å². The molecule has 2 aromatic rings. The topological polar surface area (TPSA) is 52.9 Å². The Hall–Kier alpha value is -3.02. The highest BCUT2D eigenvalue weighted by Gasteiger charge is 2.25. The van der Waals surface area contributed by atoms with Crippen LogP contribution in [-0.4, -0.2) is 34.8 Å². The van der Waals surface area contributed by atoms with Crippen molar-refractivity contribution in [3.8, 4) is 0 Å². The molecule has 0 unspecified atom stereocenters. The fourth-order valence-electron chi connectivity index (χ4n) is 2.71. The van der Waals surface area contributed by atoms with Crippen LogP contribution in [0.15, 0.2) is 65.7 Å². The zero-order chi connectivity index (χ0) is 17.8. The maximum Gasteiger partial charge on any atom is 0.335 e. The maximum atomic E-state index is 13.0. The molecule has 1 N–H and O–H groups in total. The van der Waals surface area contributed by atoms with Gasteiger partial charge in [0.05, 0.1) is 17.8 Å². The summed E-state index contributed by atoms with van der Waals surface area (Å²) in [5, 5.41) is 8.93. The first-order chi connectivity index (χ1) is 12.0. The Labute approximate surface area is 143 Å². The third-order valence-corrected chi connectivity index (χ3v) is 3.84. The monoisotopic (exact) mass is 342 g/mol. The van der Waals surface area contributed by atoms with Crippen LogP contribution in [0, 0.1) is 0 Å². The molecular formula is C19H16F2N2O2. The molecule has 0 bridgehead atoms. The second-order valence-electron chi connectivity index (χ2n) is 5.54. The van der Waals surface area contributed by atoms with Crippen LogP contribution in [0.5, 0.6) is 0 Å². The fraction of sp³-hybridized carbons (Fsp3) is 0.158. The molecule has 0 spiro atoms. The predicted molar refractivity (Wildman–Crippen MR) is 92.2 cm³/mol. The average Bonchev–Trinajstić information content (AvgIpc) is 2.98. The molecule has 2 aromatic carbocycles. The molecule has 0 saturated heterocycles. The van der Waals surface area contributed by atoms with Gasteiger partial charge in [0, 0.05) is 12.1 Å². The molecule has 0 amide bonds. The third kappa shape index (κ3) is 3.91. The van der Waals surface area contributed by atoms with E-state index in [0.717, 1.165) is 5.56 Å². The van der Waals surface area contributed by atoms with Gasteiger partial charge in [-0.3, -0.25) is 0 Å². The highest BCUT2D eigenvalue weighted by atomic mass is 19.3. The largest absolute Gasteiger partial charge is 0.478 e. The van der Waals surface area contributed by atoms with Crippen LogP contribution in [0.1, 0.15) is 22.3 Å². The molecule has 3 rings (SSSR count). The number of hydrogen-bond donors (Lipinski definition) is 1. The lowest BCUT2D eigenvalue weighted by Gasteiger charge is -2.23. The molecule has 25 heavy (non-hydrogen) atoms. The lowest BCUT2D eigenvalue weighted by atomic mass is 10.1. The molecule has 0 saturated carbocycles. The van der Waals surface area contributed by atoms with Gasteiger partial charge in [0.1, 0.15) is 5.84 Å². The molecule has 1 heterocycles. The normalized spacial score (nSPS) is 15.7. The van der Waals surface area contributed by atoms with Crippen LogP contribution < -0.4 is 0 Å². The van der Waals surface area contributed by atoms with Crippen LogP contribution in [-0.2, 0) is 0 Å². The van der Waals surface area contributed by atoms with Gasteiger partial charge < -0.3 is 10.0 Å². The summed E-state index contributed by atoms with van der Waals surface area (Å²) in [5.74, 6) is -0.505. The first kappa shape index (κ1) is 16.8. The quantitative estimate of drug-likeness (QED) is 0.875. The minimum Gasteiger partial charge on any atom is -0.478 e. The molecular weight excluding hydrogens is 326 g/mol. The minimum atomic E-state index is -2.50. The fourth-order valence-corrected chi connectivity index (χ4v) is 2.71. The Balaban J connectivity index is 1.89. The van der Waals surface area contributed by atoms with Gasteiger partial charge >= 0.3 is 5.97 Å². The number of halogens is 2. The Kier molecular flexibility index (Phi) is 4.88. The maximum absolute atomic E-state index is 13.0. The van der Waals surface area contributed by atoms with E-state index in [1.54, 1.807) is 12.1 Å². The Morgan fingerprint density at radius 3 is 2.40 bits per heavy atom. The van der Waals surface area contributed by atoms with Crippen LogP contribution >= 0.6 is 0 Å². The van der Waals surface area contributed by atoms with Gasteiger partial charge in [0.15, 0.2) is 0 Å². The van der Waals surface area contributed by atoms with Crippen molar-refractivity contribution in [1.82, 2.24) is 4.90 Å². The Morgan fingerprint density at radius 1 is 1.12 bits per heavy atom. The van der Waals surface area contributed by atoms with E-state index in [1.807, 2.05) is 36.4 Å². The summed E-state index contributed by atoms with van der Waals surface area (Å²) in [6, 6.07) is 15.3. The molecule has 0 radical (unpaired) electrons. The van der Waals surface area contributed by atoms with Crippen molar-refractivity contribution < 1.29 is 18.7 Å². The molecule has 1 aliphatic heterocycles. The van der Waals surface area contributed by atoms with E-state index in [4.69, 9.17) is 5.11 Å². The third-order valence-electron chi connectivity index (χ3n) is 3.84. The highest BCUT2D eigenvalue weighted by molar-refractivity contribution is 5.98. The van der Waals surface area contributed by atoms with Crippen LogP contribution in [0.4, 0.5) is 14.5 Å². The predicted octanol–water partition coefficient (Wildman–Crippen LogP) is 4.43. The number of nitrogens with zero attached hydrogens (tertiary/aromatic N) is 2. The van der Waals surface area contributed by atoms with Crippen molar-refractivity contribution in [3.05, 3.63) is 71.8 Å². The van der Waals surface area contributed by atoms with E-state index in [9.17, 15) is 13.6 Å². The van der Waals surface area contributed by atoms with E-state index >= 15 is 0 Å². The summed E-state index contributed by atoms with van der Waals surface area (Å²) in [5.41, 5.74) is 2.25. The van der Waals surface area contributed by atoms with E-state index in [2.05, 4.69) is 4.99 Å².